The molecule has 0 amide bonds. The first-order valence-corrected chi connectivity index (χ1v) is 8.87. The van der Waals surface area contributed by atoms with Crippen molar-refractivity contribution in [2.24, 2.45) is 0 Å². The van der Waals surface area contributed by atoms with Gasteiger partial charge in [0.1, 0.15) is 5.75 Å². The molecule has 0 aliphatic heterocycles. The summed E-state index contributed by atoms with van der Waals surface area (Å²) in [6.07, 6.45) is 0. The van der Waals surface area contributed by atoms with Gasteiger partial charge in [-0.25, -0.2) is 4.79 Å². The molecule has 2 aromatic carbocycles. The summed E-state index contributed by atoms with van der Waals surface area (Å²) in [5.74, 6) is -1.85. The van der Waals surface area contributed by atoms with Crippen LogP contribution in [0.5, 0.6) is 5.75 Å². The summed E-state index contributed by atoms with van der Waals surface area (Å²) >= 11 is 0. The molecule has 0 atom stereocenters. The molecule has 0 aliphatic carbocycles. The average molecular weight is 359 g/mol. The summed E-state index contributed by atoms with van der Waals surface area (Å²) < 4.78 is 0. The summed E-state index contributed by atoms with van der Waals surface area (Å²) in [7, 11) is 1.87. The van der Waals surface area contributed by atoms with Crippen LogP contribution in [-0.4, -0.2) is 35.6 Å². The maximum Gasteiger partial charge on any atom is 0.336 e. The standard InChI is InChI=1S/C17H17NO4.2C2H6/c1-3-18(2)11-8-9-14(15(19)10-11)16(20)12-6-4-5-7-13(12)17(21)22;2*1-2/h4-10,19H,3H2,1-2H3,(H,21,22);2*1-2H3. The fraction of sp³-hybridized carbons (Fsp3) is 0.333. The zero-order valence-electron chi connectivity index (χ0n) is 16.4. The molecule has 2 N–H and O–H groups in total. The quantitative estimate of drug-likeness (QED) is 0.748. The third-order valence-corrected chi connectivity index (χ3v) is 3.54. The van der Waals surface area contributed by atoms with Crippen molar-refractivity contribution < 1.29 is 19.8 Å². The monoisotopic (exact) mass is 359 g/mol. The predicted octanol–water partition coefficient (Wildman–Crippen LogP) is 4.83. The van der Waals surface area contributed by atoms with Crippen LogP contribution in [0.15, 0.2) is 42.5 Å². The van der Waals surface area contributed by atoms with E-state index in [0.717, 1.165) is 12.2 Å². The highest BCUT2D eigenvalue weighted by molar-refractivity contribution is 6.15. The van der Waals surface area contributed by atoms with E-state index in [1.54, 1.807) is 18.2 Å². The minimum absolute atomic E-state index is 0.0573. The van der Waals surface area contributed by atoms with Crippen molar-refractivity contribution in [1.82, 2.24) is 0 Å². The summed E-state index contributed by atoms with van der Waals surface area (Å²) in [6.45, 7) is 10.7. The van der Waals surface area contributed by atoms with Crippen molar-refractivity contribution in [3.8, 4) is 5.75 Å². The van der Waals surface area contributed by atoms with Crippen LogP contribution in [0.1, 0.15) is 60.9 Å². The van der Waals surface area contributed by atoms with E-state index >= 15 is 0 Å². The van der Waals surface area contributed by atoms with Crippen LogP contribution in [-0.2, 0) is 0 Å². The molecule has 2 aromatic rings. The Morgan fingerprint density at radius 1 is 0.923 bits per heavy atom. The lowest BCUT2D eigenvalue weighted by Gasteiger charge is -2.17. The van der Waals surface area contributed by atoms with Gasteiger partial charge in [0.05, 0.1) is 11.1 Å². The highest BCUT2D eigenvalue weighted by Crippen LogP contribution is 2.27. The van der Waals surface area contributed by atoms with Crippen molar-refractivity contribution in [2.75, 3.05) is 18.5 Å². The van der Waals surface area contributed by atoms with Crippen molar-refractivity contribution in [1.29, 1.82) is 0 Å². The number of ketones is 1. The highest BCUT2D eigenvalue weighted by Gasteiger charge is 2.20. The Labute approximate surface area is 155 Å². The molecule has 142 valence electrons. The molecule has 26 heavy (non-hydrogen) atoms. The smallest absolute Gasteiger partial charge is 0.336 e. The van der Waals surface area contributed by atoms with Crippen molar-refractivity contribution in [3.63, 3.8) is 0 Å². The second kappa shape index (κ2) is 11.7. The fourth-order valence-electron chi connectivity index (χ4n) is 2.14. The van der Waals surface area contributed by atoms with E-state index in [4.69, 9.17) is 5.11 Å². The van der Waals surface area contributed by atoms with Crippen molar-refractivity contribution in [2.45, 2.75) is 34.6 Å². The molecule has 0 saturated heterocycles. The topological polar surface area (TPSA) is 77.8 Å². The van der Waals surface area contributed by atoms with Gasteiger partial charge in [0.15, 0.2) is 5.78 Å². The van der Waals surface area contributed by atoms with Gasteiger partial charge in [-0.1, -0.05) is 45.9 Å². The lowest BCUT2D eigenvalue weighted by atomic mass is 9.97. The molecule has 0 heterocycles. The first-order chi connectivity index (χ1) is 12.5. The number of carbonyl (C=O) groups excluding carboxylic acids is 1. The van der Waals surface area contributed by atoms with E-state index in [1.165, 1.54) is 24.3 Å². The van der Waals surface area contributed by atoms with Gasteiger partial charge >= 0.3 is 5.97 Å². The van der Waals surface area contributed by atoms with Crippen LogP contribution in [0, 0.1) is 0 Å². The van der Waals surface area contributed by atoms with Crippen molar-refractivity contribution >= 4 is 17.4 Å². The van der Waals surface area contributed by atoms with Crippen LogP contribution in [0.25, 0.3) is 0 Å². The number of nitrogens with zero attached hydrogens (tertiary/aromatic N) is 1. The maximum absolute atomic E-state index is 12.5. The third kappa shape index (κ3) is 5.62. The number of carbonyl (C=O) groups is 2. The number of phenolic OH excluding ortho intramolecular Hbond substituents is 1. The number of phenols is 1. The number of carboxylic acid groups (broad SMARTS) is 1. The molecule has 0 spiro atoms. The molecule has 0 aliphatic rings. The molecule has 0 aromatic heterocycles. The largest absolute Gasteiger partial charge is 0.507 e. The maximum atomic E-state index is 12.5. The molecule has 0 unspecified atom stereocenters. The number of aromatic hydroxyl groups is 1. The van der Waals surface area contributed by atoms with Gasteiger partial charge < -0.3 is 15.1 Å². The Kier molecular flexibility index (Phi) is 10.4. The molecule has 5 nitrogen and oxygen atoms in total. The lowest BCUT2D eigenvalue weighted by Crippen LogP contribution is -2.16. The molecular formula is C21H29NO4. The van der Waals surface area contributed by atoms with Gasteiger partial charge in [0, 0.05) is 30.9 Å². The summed E-state index contributed by atoms with van der Waals surface area (Å²) in [6, 6.07) is 10.7. The van der Waals surface area contributed by atoms with Gasteiger partial charge in [-0.2, -0.15) is 0 Å². The Hall–Kier alpha value is -2.82. The van der Waals surface area contributed by atoms with Crippen LogP contribution < -0.4 is 4.90 Å². The Balaban J connectivity index is 0.00000146. The van der Waals surface area contributed by atoms with Gasteiger partial charge in [-0.3, -0.25) is 4.79 Å². The number of rotatable bonds is 5. The van der Waals surface area contributed by atoms with E-state index in [9.17, 15) is 14.7 Å². The zero-order valence-corrected chi connectivity index (χ0v) is 16.4. The number of aromatic carboxylic acids is 1. The van der Waals surface area contributed by atoms with E-state index < -0.39 is 11.8 Å². The molecule has 2 rings (SSSR count). The summed E-state index contributed by atoms with van der Waals surface area (Å²) in [5, 5.41) is 19.3. The van der Waals surface area contributed by atoms with E-state index in [1.807, 2.05) is 46.6 Å². The molecule has 0 saturated carbocycles. The van der Waals surface area contributed by atoms with Gasteiger partial charge in [0.25, 0.3) is 0 Å². The molecule has 0 bridgehead atoms. The Morgan fingerprint density at radius 3 is 1.92 bits per heavy atom. The second-order valence-corrected chi connectivity index (χ2v) is 4.90. The zero-order chi connectivity index (χ0) is 20.3. The minimum Gasteiger partial charge on any atom is -0.507 e. The molecule has 0 fully saturated rings. The van der Waals surface area contributed by atoms with Crippen molar-refractivity contribution in [3.05, 3.63) is 59.2 Å². The van der Waals surface area contributed by atoms with Gasteiger partial charge in [-0.05, 0) is 25.1 Å². The number of benzene rings is 2. The van der Waals surface area contributed by atoms with Crippen LogP contribution >= 0.6 is 0 Å². The van der Waals surface area contributed by atoms with Gasteiger partial charge in [-0.15, -0.1) is 0 Å². The molecular weight excluding hydrogens is 330 g/mol. The average Bonchev–Trinajstić information content (AvgIpc) is 2.69. The summed E-state index contributed by atoms with van der Waals surface area (Å²) in [4.78, 5) is 25.6. The Morgan fingerprint density at radius 2 is 1.46 bits per heavy atom. The van der Waals surface area contributed by atoms with Crippen LogP contribution in [0.4, 0.5) is 5.69 Å². The number of carboxylic acids is 1. The first-order valence-electron chi connectivity index (χ1n) is 8.87. The molecule has 5 heteroatoms. The first kappa shape index (κ1) is 23.2. The fourth-order valence-corrected chi connectivity index (χ4v) is 2.14. The number of anilines is 1. The number of hydrogen-bond acceptors (Lipinski definition) is 4. The van der Waals surface area contributed by atoms with E-state index in [2.05, 4.69) is 0 Å². The highest BCUT2D eigenvalue weighted by atomic mass is 16.4. The SMILES string of the molecule is CC.CC.CCN(C)c1ccc(C(=O)c2ccccc2C(=O)O)c(O)c1. The van der Waals surface area contributed by atoms with Crippen LogP contribution in [0.2, 0.25) is 0 Å². The second-order valence-electron chi connectivity index (χ2n) is 4.90. The summed E-state index contributed by atoms with van der Waals surface area (Å²) in [5.41, 5.74) is 0.841. The predicted molar refractivity (Wildman–Crippen MR) is 107 cm³/mol. The van der Waals surface area contributed by atoms with Gasteiger partial charge in [0.2, 0.25) is 0 Å². The normalized spacial score (nSPS) is 9.15. The van der Waals surface area contributed by atoms with Crippen LogP contribution in [0.3, 0.4) is 0 Å². The Bertz CT molecular complexity index is 726. The van der Waals surface area contributed by atoms with E-state index in [0.29, 0.717) is 0 Å². The molecule has 0 radical (unpaired) electrons. The number of hydrogen-bond donors (Lipinski definition) is 2. The third-order valence-electron chi connectivity index (χ3n) is 3.54. The minimum atomic E-state index is -1.18. The van der Waals surface area contributed by atoms with E-state index in [-0.39, 0.29) is 22.4 Å². The lowest BCUT2D eigenvalue weighted by molar-refractivity contribution is 0.0692.